The molecule has 0 saturated carbocycles. The van der Waals surface area contributed by atoms with E-state index in [0.29, 0.717) is 31.6 Å². The van der Waals surface area contributed by atoms with Gasteiger partial charge in [-0.05, 0) is 117 Å². The number of ether oxygens (including phenoxy) is 1. The fraction of sp³-hybridized carbons (Fsp3) is 0.115. The summed E-state index contributed by atoms with van der Waals surface area (Å²) in [6.07, 6.45) is 1.41. The number of carbonyl (C=O) groups excluding carboxylic acids is 2. The Morgan fingerprint density at radius 1 is 0.971 bits per heavy atom. The summed E-state index contributed by atoms with van der Waals surface area (Å²) in [6.45, 7) is 3.74. The van der Waals surface area contributed by atoms with E-state index < -0.39 is 11.7 Å². The first kappa shape index (κ1) is 26.1. The lowest BCUT2D eigenvalue weighted by atomic mass is 10.1. The van der Waals surface area contributed by atoms with Crippen LogP contribution in [0.2, 0.25) is 0 Å². The van der Waals surface area contributed by atoms with Crippen LogP contribution in [0.25, 0.3) is 6.08 Å². The van der Waals surface area contributed by atoms with E-state index in [4.69, 9.17) is 4.74 Å². The minimum atomic E-state index is -0.630. The van der Waals surface area contributed by atoms with E-state index in [-0.39, 0.29) is 18.1 Å². The molecular formula is C26H20Br2FN3O3. The number of nitrogens with zero attached hydrogens (tertiary/aromatic N) is 1. The first-order valence-corrected chi connectivity index (χ1v) is 11.9. The summed E-state index contributed by atoms with van der Waals surface area (Å²) in [5, 5.41) is 14.8. The van der Waals surface area contributed by atoms with Crippen molar-refractivity contribution in [3.05, 3.63) is 91.6 Å². The molecule has 0 aliphatic heterocycles. The Morgan fingerprint density at radius 3 is 2.20 bits per heavy atom. The predicted molar refractivity (Wildman–Crippen MR) is 141 cm³/mol. The van der Waals surface area contributed by atoms with Crippen LogP contribution >= 0.6 is 31.9 Å². The van der Waals surface area contributed by atoms with Crippen molar-refractivity contribution in [2.24, 2.45) is 0 Å². The molecule has 0 bridgehead atoms. The summed E-state index contributed by atoms with van der Waals surface area (Å²) in [6, 6.07) is 16.0. The number of rotatable bonds is 7. The molecule has 3 aromatic carbocycles. The number of amides is 2. The van der Waals surface area contributed by atoms with Crippen molar-refractivity contribution < 1.29 is 18.7 Å². The Morgan fingerprint density at radius 2 is 1.60 bits per heavy atom. The molecule has 0 aromatic heterocycles. The Balaban J connectivity index is 1.68. The maximum atomic E-state index is 13.1. The first-order valence-electron chi connectivity index (χ1n) is 10.3. The summed E-state index contributed by atoms with van der Waals surface area (Å²) in [5.41, 5.74) is 3.65. The lowest BCUT2D eigenvalue weighted by Gasteiger charge is -2.12. The van der Waals surface area contributed by atoms with Gasteiger partial charge in [0.2, 0.25) is 0 Å². The van der Waals surface area contributed by atoms with Crippen molar-refractivity contribution in [3.8, 4) is 11.8 Å². The van der Waals surface area contributed by atoms with Crippen LogP contribution in [-0.4, -0.2) is 18.4 Å². The summed E-state index contributed by atoms with van der Waals surface area (Å²) in [4.78, 5) is 24.8. The van der Waals surface area contributed by atoms with Crippen LogP contribution in [0.15, 0.2) is 69.1 Å². The van der Waals surface area contributed by atoms with Gasteiger partial charge in [0, 0.05) is 11.4 Å². The smallest absolute Gasteiger partial charge is 0.266 e. The van der Waals surface area contributed by atoms with E-state index in [1.165, 1.54) is 30.3 Å². The molecule has 0 radical (unpaired) electrons. The third-order valence-electron chi connectivity index (χ3n) is 4.94. The second kappa shape index (κ2) is 11.8. The van der Waals surface area contributed by atoms with Gasteiger partial charge < -0.3 is 15.4 Å². The van der Waals surface area contributed by atoms with Gasteiger partial charge in [0.15, 0.2) is 6.61 Å². The molecule has 0 aliphatic rings. The minimum absolute atomic E-state index is 0.144. The number of benzene rings is 3. The van der Waals surface area contributed by atoms with Crippen LogP contribution in [0, 0.1) is 31.0 Å². The quantitative estimate of drug-likeness (QED) is 0.238. The molecule has 2 amide bonds. The molecule has 3 aromatic rings. The van der Waals surface area contributed by atoms with E-state index in [2.05, 4.69) is 42.5 Å². The van der Waals surface area contributed by atoms with Gasteiger partial charge in [-0.3, -0.25) is 9.59 Å². The third-order valence-corrected chi connectivity index (χ3v) is 6.12. The fourth-order valence-corrected chi connectivity index (χ4v) is 4.45. The topological polar surface area (TPSA) is 91.2 Å². The summed E-state index contributed by atoms with van der Waals surface area (Å²) >= 11 is 6.81. The number of hydrogen-bond donors (Lipinski definition) is 2. The highest BCUT2D eigenvalue weighted by atomic mass is 79.9. The maximum Gasteiger partial charge on any atom is 0.266 e. The lowest BCUT2D eigenvalue weighted by molar-refractivity contribution is -0.118. The van der Waals surface area contributed by atoms with Crippen LogP contribution in [0.4, 0.5) is 15.8 Å². The molecule has 0 aliphatic carbocycles. The zero-order chi connectivity index (χ0) is 25.5. The van der Waals surface area contributed by atoms with E-state index in [1.807, 2.05) is 38.1 Å². The molecule has 0 fully saturated rings. The van der Waals surface area contributed by atoms with E-state index in [9.17, 15) is 19.2 Å². The second-order valence-corrected chi connectivity index (χ2v) is 9.29. The molecule has 0 heterocycles. The Labute approximate surface area is 219 Å². The number of carbonyl (C=O) groups is 2. The summed E-state index contributed by atoms with van der Waals surface area (Å²) in [5.74, 6) is -0.986. The Hall–Kier alpha value is -3.48. The number of nitriles is 1. The van der Waals surface area contributed by atoms with Crippen molar-refractivity contribution in [3.63, 3.8) is 0 Å². The molecule has 0 spiro atoms. The van der Waals surface area contributed by atoms with Crippen molar-refractivity contribution in [1.82, 2.24) is 0 Å². The highest BCUT2D eigenvalue weighted by Crippen LogP contribution is 2.35. The van der Waals surface area contributed by atoms with Crippen LogP contribution in [0.3, 0.4) is 0 Å². The fourth-order valence-electron chi connectivity index (χ4n) is 3.00. The molecule has 2 N–H and O–H groups in total. The van der Waals surface area contributed by atoms with Gasteiger partial charge in [0.05, 0.1) is 8.95 Å². The van der Waals surface area contributed by atoms with Crippen LogP contribution in [0.5, 0.6) is 5.75 Å². The molecular weight excluding hydrogens is 581 g/mol. The first-order chi connectivity index (χ1) is 16.7. The SMILES string of the molecule is Cc1ccc(NC(=O)COc2c(Br)cc(/C=C(\C#N)C(=O)Nc3ccc(F)cc3)cc2Br)cc1C. The summed E-state index contributed by atoms with van der Waals surface area (Å²) in [7, 11) is 0. The van der Waals surface area contributed by atoms with Crippen LogP contribution in [-0.2, 0) is 9.59 Å². The van der Waals surface area contributed by atoms with Gasteiger partial charge in [-0.2, -0.15) is 5.26 Å². The average Bonchev–Trinajstić information content (AvgIpc) is 2.80. The maximum absolute atomic E-state index is 13.1. The zero-order valence-corrected chi connectivity index (χ0v) is 22.0. The predicted octanol–water partition coefficient (Wildman–Crippen LogP) is 6.53. The molecule has 0 unspecified atom stereocenters. The standard InChI is InChI=1S/C26H20Br2FN3O3/c1-15-3-6-21(9-16(15)2)31-24(33)14-35-25-22(27)11-17(12-23(25)28)10-18(13-30)26(34)32-20-7-4-19(29)5-8-20/h3-12H,14H2,1-2H3,(H,31,33)(H,32,34)/b18-10+. The van der Waals surface area contributed by atoms with Crippen molar-refractivity contribution in [2.75, 3.05) is 17.2 Å². The van der Waals surface area contributed by atoms with Gasteiger partial charge in [0.25, 0.3) is 11.8 Å². The number of anilines is 2. The van der Waals surface area contributed by atoms with Gasteiger partial charge in [0.1, 0.15) is 23.2 Å². The second-order valence-electron chi connectivity index (χ2n) is 7.58. The molecule has 0 saturated heterocycles. The number of aryl methyl sites for hydroxylation is 2. The summed E-state index contributed by atoms with van der Waals surface area (Å²) < 4.78 is 19.8. The third kappa shape index (κ3) is 7.25. The van der Waals surface area contributed by atoms with Crippen molar-refractivity contribution in [1.29, 1.82) is 5.26 Å². The van der Waals surface area contributed by atoms with Crippen molar-refractivity contribution in [2.45, 2.75) is 13.8 Å². The normalized spacial score (nSPS) is 10.9. The van der Waals surface area contributed by atoms with Gasteiger partial charge in [-0.25, -0.2) is 4.39 Å². The molecule has 0 atom stereocenters. The average molecular weight is 601 g/mol. The Bertz CT molecular complexity index is 1330. The molecule has 35 heavy (non-hydrogen) atoms. The monoisotopic (exact) mass is 599 g/mol. The lowest BCUT2D eigenvalue weighted by Crippen LogP contribution is -2.20. The van der Waals surface area contributed by atoms with Gasteiger partial charge >= 0.3 is 0 Å². The number of nitrogens with one attached hydrogen (secondary N) is 2. The van der Waals surface area contributed by atoms with Gasteiger partial charge in [-0.1, -0.05) is 6.07 Å². The minimum Gasteiger partial charge on any atom is -0.481 e. The zero-order valence-electron chi connectivity index (χ0n) is 18.8. The molecule has 3 rings (SSSR count). The highest BCUT2D eigenvalue weighted by molar-refractivity contribution is 9.11. The number of hydrogen-bond acceptors (Lipinski definition) is 4. The van der Waals surface area contributed by atoms with E-state index in [0.717, 1.165) is 11.1 Å². The number of halogens is 3. The molecule has 9 heteroatoms. The molecule has 178 valence electrons. The highest BCUT2D eigenvalue weighted by Gasteiger charge is 2.14. The van der Waals surface area contributed by atoms with Crippen molar-refractivity contribution >= 4 is 61.1 Å². The largest absolute Gasteiger partial charge is 0.481 e. The van der Waals surface area contributed by atoms with Crippen LogP contribution in [0.1, 0.15) is 16.7 Å². The molecule has 6 nitrogen and oxygen atoms in total. The Kier molecular flexibility index (Phi) is 8.79. The van der Waals surface area contributed by atoms with Gasteiger partial charge in [-0.15, -0.1) is 0 Å². The van der Waals surface area contributed by atoms with Crippen LogP contribution < -0.4 is 15.4 Å². The van der Waals surface area contributed by atoms with E-state index in [1.54, 1.807) is 12.1 Å². The van der Waals surface area contributed by atoms with E-state index >= 15 is 0 Å².